The number of likely N-dealkylation sites (tertiary alicyclic amines) is 1. The first-order chi connectivity index (χ1) is 5.84. The van der Waals surface area contributed by atoms with Crippen molar-refractivity contribution in [3.05, 3.63) is 0 Å². The van der Waals surface area contributed by atoms with Crippen LogP contribution in [0.3, 0.4) is 0 Å². The Balaban J connectivity index is 2.82. The van der Waals surface area contributed by atoms with Crippen LogP contribution >= 0.6 is 0 Å². The molecule has 4 heteroatoms. The quantitative estimate of drug-likeness (QED) is 0.617. The second-order valence-corrected chi connectivity index (χ2v) is 4.60. The van der Waals surface area contributed by atoms with Crippen LogP contribution in [0.15, 0.2) is 0 Å². The zero-order chi connectivity index (χ0) is 10.2. The Kier molecular flexibility index (Phi) is 2.63. The molecule has 0 aromatic heterocycles. The monoisotopic (exact) mass is 186 g/mol. The SMILES string of the molecule is CC(C)(C)N1CC[C@H](N)C1C(=O)O. The van der Waals surface area contributed by atoms with Gasteiger partial charge >= 0.3 is 5.97 Å². The molecule has 0 aromatic rings. The maximum atomic E-state index is 10.9. The van der Waals surface area contributed by atoms with Crippen LogP contribution in [0.5, 0.6) is 0 Å². The van der Waals surface area contributed by atoms with E-state index >= 15 is 0 Å². The van der Waals surface area contributed by atoms with Gasteiger partial charge in [-0.25, -0.2) is 0 Å². The largest absolute Gasteiger partial charge is 0.480 e. The fraction of sp³-hybridized carbons (Fsp3) is 0.889. The molecule has 0 aromatic carbocycles. The highest BCUT2D eigenvalue weighted by atomic mass is 16.4. The Bertz CT molecular complexity index is 210. The standard InChI is InChI=1S/C9H18N2O2/c1-9(2,3)11-5-4-6(10)7(11)8(12)13/h6-7H,4-5,10H2,1-3H3,(H,12,13)/t6-,7?/m0/s1. The summed E-state index contributed by atoms with van der Waals surface area (Å²) in [6.07, 6.45) is 0.772. The van der Waals surface area contributed by atoms with Crippen molar-refractivity contribution in [2.45, 2.75) is 44.8 Å². The first kappa shape index (κ1) is 10.5. The lowest BCUT2D eigenvalue weighted by Crippen LogP contribution is -2.52. The summed E-state index contributed by atoms with van der Waals surface area (Å²) in [6.45, 7) is 6.82. The molecule has 1 unspecified atom stereocenters. The van der Waals surface area contributed by atoms with E-state index in [1.807, 2.05) is 25.7 Å². The van der Waals surface area contributed by atoms with Gasteiger partial charge in [0.2, 0.25) is 0 Å². The van der Waals surface area contributed by atoms with Gasteiger partial charge in [0.1, 0.15) is 6.04 Å². The summed E-state index contributed by atoms with van der Waals surface area (Å²) in [7, 11) is 0. The van der Waals surface area contributed by atoms with Crippen LogP contribution < -0.4 is 5.73 Å². The third kappa shape index (κ3) is 2.00. The number of carboxylic acids is 1. The van der Waals surface area contributed by atoms with E-state index in [2.05, 4.69) is 0 Å². The van der Waals surface area contributed by atoms with Crippen LogP contribution in [-0.4, -0.2) is 40.1 Å². The number of carbonyl (C=O) groups is 1. The van der Waals surface area contributed by atoms with Crippen molar-refractivity contribution in [2.24, 2.45) is 5.73 Å². The fourth-order valence-electron chi connectivity index (χ4n) is 1.89. The van der Waals surface area contributed by atoms with E-state index in [0.717, 1.165) is 13.0 Å². The first-order valence-corrected chi connectivity index (χ1v) is 4.59. The zero-order valence-corrected chi connectivity index (χ0v) is 8.45. The number of carboxylic acid groups (broad SMARTS) is 1. The topological polar surface area (TPSA) is 66.6 Å². The Morgan fingerprint density at radius 2 is 2.08 bits per heavy atom. The maximum Gasteiger partial charge on any atom is 0.322 e. The Hall–Kier alpha value is -0.610. The van der Waals surface area contributed by atoms with Crippen LogP contribution in [0.25, 0.3) is 0 Å². The summed E-state index contributed by atoms with van der Waals surface area (Å²) in [5.74, 6) is -0.806. The molecule has 1 rings (SSSR count). The van der Waals surface area contributed by atoms with Gasteiger partial charge in [0.05, 0.1) is 0 Å². The Morgan fingerprint density at radius 3 is 2.38 bits per heavy atom. The Morgan fingerprint density at radius 1 is 1.54 bits per heavy atom. The summed E-state index contributed by atoms with van der Waals surface area (Å²) < 4.78 is 0. The van der Waals surface area contributed by atoms with E-state index in [9.17, 15) is 4.79 Å². The van der Waals surface area contributed by atoms with Crippen molar-refractivity contribution in [2.75, 3.05) is 6.54 Å². The van der Waals surface area contributed by atoms with Crippen molar-refractivity contribution >= 4 is 5.97 Å². The number of aliphatic carboxylic acids is 1. The number of rotatable bonds is 1. The van der Waals surface area contributed by atoms with Crippen LogP contribution in [0.2, 0.25) is 0 Å². The molecule has 1 heterocycles. The summed E-state index contributed by atoms with van der Waals surface area (Å²) in [4.78, 5) is 12.9. The minimum Gasteiger partial charge on any atom is -0.480 e. The van der Waals surface area contributed by atoms with E-state index in [1.165, 1.54) is 0 Å². The van der Waals surface area contributed by atoms with Gasteiger partial charge in [0, 0.05) is 18.1 Å². The number of hydrogen-bond acceptors (Lipinski definition) is 3. The van der Waals surface area contributed by atoms with Crippen LogP contribution in [0, 0.1) is 0 Å². The van der Waals surface area contributed by atoms with Gasteiger partial charge in [-0.2, -0.15) is 0 Å². The van der Waals surface area contributed by atoms with Gasteiger partial charge in [-0.3, -0.25) is 9.69 Å². The molecule has 13 heavy (non-hydrogen) atoms. The molecular formula is C9H18N2O2. The molecule has 1 aliphatic rings. The third-order valence-corrected chi connectivity index (χ3v) is 2.56. The van der Waals surface area contributed by atoms with Crippen molar-refractivity contribution in [1.29, 1.82) is 0 Å². The molecule has 2 atom stereocenters. The summed E-state index contributed by atoms with van der Waals surface area (Å²) in [6, 6.07) is -0.739. The summed E-state index contributed by atoms with van der Waals surface area (Å²) in [5.41, 5.74) is 5.63. The highest BCUT2D eigenvalue weighted by Crippen LogP contribution is 2.25. The highest BCUT2D eigenvalue weighted by Gasteiger charge is 2.42. The lowest BCUT2D eigenvalue weighted by Gasteiger charge is -2.35. The normalized spacial score (nSPS) is 30.8. The molecule has 4 nitrogen and oxygen atoms in total. The molecule has 0 aliphatic carbocycles. The molecule has 0 spiro atoms. The number of nitrogens with zero attached hydrogens (tertiary/aromatic N) is 1. The molecule has 0 amide bonds. The lowest BCUT2D eigenvalue weighted by atomic mass is 10.0. The van der Waals surface area contributed by atoms with Gasteiger partial charge in [0.25, 0.3) is 0 Å². The zero-order valence-electron chi connectivity index (χ0n) is 8.45. The highest BCUT2D eigenvalue weighted by molar-refractivity contribution is 5.75. The molecule has 76 valence electrons. The van der Waals surface area contributed by atoms with E-state index < -0.39 is 12.0 Å². The van der Waals surface area contributed by atoms with Crippen molar-refractivity contribution in [1.82, 2.24) is 4.90 Å². The molecule has 0 saturated carbocycles. The Labute approximate surface area is 78.7 Å². The molecule has 0 bridgehead atoms. The van der Waals surface area contributed by atoms with Crippen molar-refractivity contribution in [3.8, 4) is 0 Å². The smallest absolute Gasteiger partial charge is 0.322 e. The number of nitrogens with two attached hydrogens (primary N) is 1. The second-order valence-electron chi connectivity index (χ2n) is 4.60. The predicted octanol–water partition coefficient (Wildman–Crippen LogP) is 0.271. The fourth-order valence-corrected chi connectivity index (χ4v) is 1.89. The van der Waals surface area contributed by atoms with Crippen molar-refractivity contribution in [3.63, 3.8) is 0 Å². The molecule has 1 aliphatic heterocycles. The van der Waals surface area contributed by atoms with Crippen LogP contribution in [-0.2, 0) is 4.79 Å². The van der Waals surface area contributed by atoms with Crippen molar-refractivity contribution < 1.29 is 9.90 Å². The molecule has 1 saturated heterocycles. The molecule has 1 fully saturated rings. The molecule has 3 N–H and O–H groups in total. The lowest BCUT2D eigenvalue weighted by molar-refractivity contribution is -0.144. The van der Waals surface area contributed by atoms with E-state index in [0.29, 0.717) is 0 Å². The van der Waals surface area contributed by atoms with Gasteiger partial charge in [0.15, 0.2) is 0 Å². The molecular weight excluding hydrogens is 168 g/mol. The van der Waals surface area contributed by atoms with E-state index in [1.54, 1.807) is 0 Å². The predicted molar refractivity (Wildman–Crippen MR) is 50.5 cm³/mol. The minimum atomic E-state index is -0.806. The van der Waals surface area contributed by atoms with Gasteiger partial charge in [-0.1, -0.05) is 0 Å². The third-order valence-electron chi connectivity index (χ3n) is 2.56. The van der Waals surface area contributed by atoms with Gasteiger partial charge in [-0.05, 0) is 27.2 Å². The average molecular weight is 186 g/mol. The van der Waals surface area contributed by atoms with Gasteiger partial charge in [-0.15, -0.1) is 0 Å². The van der Waals surface area contributed by atoms with Crippen LogP contribution in [0.4, 0.5) is 0 Å². The first-order valence-electron chi connectivity index (χ1n) is 4.59. The van der Waals surface area contributed by atoms with Gasteiger partial charge < -0.3 is 10.8 Å². The second kappa shape index (κ2) is 3.27. The van der Waals surface area contributed by atoms with E-state index in [-0.39, 0.29) is 11.6 Å². The summed E-state index contributed by atoms with van der Waals surface area (Å²) in [5, 5.41) is 9.00. The minimum absolute atomic E-state index is 0.114. The van der Waals surface area contributed by atoms with Crippen LogP contribution in [0.1, 0.15) is 27.2 Å². The molecule has 0 radical (unpaired) electrons. The van der Waals surface area contributed by atoms with E-state index in [4.69, 9.17) is 10.8 Å². The number of hydrogen-bond donors (Lipinski definition) is 2. The average Bonchev–Trinajstić information content (AvgIpc) is 2.28. The summed E-state index contributed by atoms with van der Waals surface area (Å²) >= 11 is 0. The maximum absolute atomic E-state index is 10.9.